The van der Waals surface area contributed by atoms with E-state index in [4.69, 9.17) is 0 Å². The first-order valence-corrected chi connectivity index (χ1v) is 3.70. The summed E-state index contributed by atoms with van der Waals surface area (Å²) < 4.78 is 0. The minimum Gasteiger partial charge on any atom is -0.107 e. The molecule has 0 aliphatic carbocycles. The number of allylic oxidation sites excluding steroid dienone is 2. The second-order valence-corrected chi connectivity index (χ2v) is 3.70. The molecule has 2 heteroatoms. The van der Waals surface area contributed by atoms with Gasteiger partial charge in [-0.05, 0) is 23.7 Å². The van der Waals surface area contributed by atoms with Crippen LogP contribution in [0, 0.1) is 5.08 Å². The minimum absolute atomic E-state index is 1.39. The van der Waals surface area contributed by atoms with Gasteiger partial charge in [0.05, 0.1) is 0 Å². The Hall–Kier alpha value is 0.440. The van der Waals surface area contributed by atoms with Crippen molar-refractivity contribution in [3.8, 4) is 0 Å². The molecule has 38 valence electrons. The maximum absolute atomic E-state index is 3.08. The Kier molecular flexibility index (Phi) is 1.70. The first-order valence-electron chi connectivity index (χ1n) is 2.07. The van der Waals surface area contributed by atoms with Crippen LogP contribution in [-0.2, 0) is 0 Å². The largest absolute Gasteiger partial charge is 0.123 e. The summed E-state index contributed by atoms with van der Waals surface area (Å²) >= 11 is 3.40. The van der Waals surface area contributed by atoms with Crippen LogP contribution < -0.4 is 0 Å². The van der Waals surface area contributed by atoms with Gasteiger partial charge in [0, 0.05) is 0 Å². The molecule has 1 rings (SSSR count). The normalized spacial score (nSPS) is 21.4. The van der Waals surface area contributed by atoms with Crippen LogP contribution in [0.2, 0.25) is 0 Å². The Morgan fingerprint density at radius 2 is 1.57 bits per heavy atom. The molecular formula is C5H6S2. The molecule has 0 aromatic carbocycles. The van der Waals surface area contributed by atoms with E-state index in [-0.39, 0.29) is 0 Å². The quantitative estimate of drug-likeness (QED) is 0.494. The third-order valence-electron chi connectivity index (χ3n) is 0.885. The summed E-state index contributed by atoms with van der Waals surface area (Å²) in [5, 5.41) is 3.08. The summed E-state index contributed by atoms with van der Waals surface area (Å²) in [6.07, 6.45) is 0. The van der Waals surface area contributed by atoms with E-state index in [2.05, 4.69) is 18.9 Å². The number of hydrogen-bond acceptors (Lipinski definition) is 2. The fourth-order valence-electron chi connectivity index (χ4n) is 0.290. The van der Waals surface area contributed by atoms with Gasteiger partial charge in [0.15, 0.2) is 0 Å². The SMILES string of the molecule is CC1=C(C)S[C]S1. The van der Waals surface area contributed by atoms with Crippen LogP contribution >= 0.6 is 23.5 Å². The zero-order valence-corrected chi connectivity index (χ0v) is 5.95. The Balaban J connectivity index is 2.64. The van der Waals surface area contributed by atoms with Gasteiger partial charge in [-0.15, -0.1) is 23.5 Å². The Morgan fingerprint density at radius 1 is 1.14 bits per heavy atom. The second-order valence-electron chi connectivity index (χ2n) is 1.40. The number of thioether (sulfide) groups is 2. The standard InChI is InChI=1S/C5H6S2/c1-4-5(2)7-3-6-4/h1-2H3. The molecule has 0 fully saturated rings. The van der Waals surface area contributed by atoms with Gasteiger partial charge < -0.3 is 0 Å². The fourth-order valence-corrected chi connectivity index (χ4v) is 1.99. The number of rotatable bonds is 0. The zero-order valence-electron chi connectivity index (χ0n) is 4.32. The van der Waals surface area contributed by atoms with Crippen LogP contribution in [0.3, 0.4) is 0 Å². The molecule has 0 unspecified atom stereocenters. The van der Waals surface area contributed by atoms with Crippen molar-refractivity contribution in [2.24, 2.45) is 0 Å². The summed E-state index contributed by atoms with van der Waals surface area (Å²) in [6, 6.07) is 0. The van der Waals surface area contributed by atoms with Crippen molar-refractivity contribution >= 4 is 23.5 Å². The molecule has 2 radical (unpaired) electrons. The van der Waals surface area contributed by atoms with Crippen LogP contribution in [0.1, 0.15) is 13.8 Å². The summed E-state index contributed by atoms with van der Waals surface area (Å²) in [5.74, 6) is 0. The molecule has 7 heavy (non-hydrogen) atoms. The van der Waals surface area contributed by atoms with Crippen LogP contribution in [0.15, 0.2) is 9.81 Å². The van der Waals surface area contributed by atoms with Crippen molar-refractivity contribution in [1.82, 2.24) is 0 Å². The van der Waals surface area contributed by atoms with Gasteiger partial charge in [-0.2, -0.15) is 0 Å². The first kappa shape index (κ1) is 5.57. The molecule has 0 saturated heterocycles. The highest BCUT2D eigenvalue weighted by atomic mass is 32.2. The topological polar surface area (TPSA) is 0 Å². The maximum atomic E-state index is 3.08. The smallest absolute Gasteiger partial charge is 0.107 e. The van der Waals surface area contributed by atoms with E-state index in [1.165, 1.54) is 9.81 Å². The Labute approximate surface area is 52.7 Å². The van der Waals surface area contributed by atoms with Crippen LogP contribution in [0.4, 0.5) is 0 Å². The van der Waals surface area contributed by atoms with E-state index < -0.39 is 0 Å². The summed E-state index contributed by atoms with van der Waals surface area (Å²) in [4.78, 5) is 2.79. The molecule has 0 saturated carbocycles. The molecule has 1 heterocycles. The highest BCUT2D eigenvalue weighted by Crippen LogP contribution is 2.41. The number of hydrogen-bond donors (Lipinski definition) is 0. The predicted octanol–water partition coefficient (Wildman–Crippen LogP) is 2.71. The van der Waals surface area contributed by atoms with E-state index in [9.17, 15) is 0 Å². The van der Waals surface area contributed by atoms with E-state index >= 15 is 0 Å². The lowest BCUT2D eigenvalue weighted by atomic mass is 10.6. The lowest BCUT2D eigenvalue weighted by molar-refractivity contribution is 1.57. The molecule has 0 aromatic heterocycles. The summed E-state index contributed by atoms with van der Waals surface area (Å²) in [7, 11) is 0. The van der Waals surface area contributed by atoms with E-state index in [0.717, 1.165) is 0 Å². The van der Waals surface area contributed by atoms with Gasteiger partial charge in [0.2, 0.25) is 0 Å². The summed E-state index contributed by atoms with van der Waals surface area (Å²) in [6.45, 7) is 4.24. The van der Waals surface area contributed by atoms with Crippen molar-refractivity contribution in [2.75, 3.05) is 0 Å². The molecule has 0 nitrogen and oxygen atoms in total. The maximum Gasteiger partial charge on any atom is 0.123 e. The first-order chi connectivity index (χ1) is 3.30. The van der Waals surface area contributed by atoms with Crippen molar-refractivity contribution < 1.29 is 0 Å². The molecule has 0 bridgehead atoms. The van der Waals surface area contributed by atoms with Gasteiger partial charge in [0.1, 0.15) is 5.08 Å². The molecule has 0 spiro atoms. The predicted molar refractivity (Wildman–Crippen MR) is 36.8 cm³/mol. The van der Waals surface area contributed by atoms with Crippen LogP contribution in [0.5, 0.6) is 0 Å². The monoisotopic (exact) mass is 130 g/mol. The minimum atomic E-state index is 1.39. The molecule has 0 aromatic rings. The van der Waals surface area contributed by atoms with Crippen molar-refractivity contribution in [2.45, 2.75) is 13.8 Å². The van der Waals surface area contributed by atoms with E-state index in [1.54, 1.807) is 23.5 Å². The third-order valence-corrected chi connectivity index (χ3v) is 2.91. The highest BCUT2D eigenvalue weighted by Gasteiger charge is 2.06. The molecule has 1 aliphatic rings. The Bertz CT molecular complexity index is 92.6. The van der Waals surface area contributed by atoms with Crippen molar-refractivity contribution in [3.63, 3.8) is 0 Å². The lowest BCUT2D eigenvalue weighted by Crippen LogP contribution is -1.58. The van der Waals surface area contributed by atoms with E-state index in [0.29, 0.717) is 0 Å². The molecular weight excluding hydrogens is 124 g/mol. The van der Waals surface area contributed by atoms with Gasteiger partial charge in [-0.3, -0.25) is 0 Å². The zero-order chi connectivity index (χ0) is 5.28. The van der Waals surface area contributed by atoms with Gasteiger partial charge >= 0.3 is 0 Å². The molecule has 1 aliphatic heterocycles. The van der Waals surface area contributed by atoms with Gasteiger partial charge in [-0.1, -0.05) is 0 Å². The van der Waals surface area contributed by atoms with Crippen LogP contribution in [0.25, 0.3) is 0 Å². The third kappa shape index (κ3) is 1.16. The van der Waals surface area contributed by atoms with Gasteiger partial charge in [-0.25, -0.2) is 0 Å². The highest BCUT2D eigenvalue weighted by molar-refractivity contribution is 8.25. The molecule has 0 amide bonds. The molecule has 0 N–H and O–H groups in total. The summed E-state index contributed by atoms with van der Waals surface area (Å²) in [5.41, 5.74) is 0. The average molecular weight is 130 g/mol. The van der Waals surface area contributed by atoms with Crippen LogP contribution in [-0.4, -0.2) is 0 Å². The lowest BCUT2D eigenvalue weighted by Gasteiger charge is -1.84. The molecule has 0 atom stereocenters. The average Bonchev–Trinajstić information content (AvgIpc) is 1.91. The fraction of sp³-hybridized carbons (Fsp3) is 0.400. The van der Waals surface area contributed by atoms with Crippen molar-refractivity contribution in [1.29, 1.82) is 0 Å². The van der Waals surface area contributed by atoms with E-state index in [1.807, 2.05) is 0 Å². The second kappa shape index (κ2) is 2.14. The van der Waals surface area contributed by atoms with Gasteiger partial charge in [0.25, 0.3) is 0 Å². The van der Waals surface area contributed by atoms with Crippen molar-refractivity contribution in [3.05, 3.63) is 14.9 Å². The Morgan fingerprint density at radius 3 is 1.71 bits per heavy atom.